The van der Waals surface area contributed by atoms with E-state index in [1.54, 1.807) is 12.1 Å². The number of hydrogen-bond donors (Lipinski definition) is 1. The van der Waals surface area contributed by atoms with Gasteiger partial charge in [0.1, 0.15) is 17.1 Å². The smallest absolute Gasteiger partial charge is 0.240 e. The van der Waals surface area contributed by atoms with E-state index in [0.29, 0.717) is 11.5 Å². The number of benzene rings is 2. The van der Waals surface area contributed by atoms with Gasteiger partial charge in [-0.2, -0.15) is 0 Å². The summed E-state index contributed by atoms with van der Waals surface area (Å²) in [5, 5.41) is 0. The molecule has 2 rings (SSSR count). The first-order chi connectivity index (χ1) is 11.2. The van der Waals surface area contributed by atoms with E-state index in [0.717, 1.165) is 5.56 Å². The lowest BCUT2D eigenvalue weighted by Gasteiger charge is -2.23. The van der Waals surface area contributed by atoms with E-state index in [-0.39, 0.29) is 17.0 Å². The number of rotatable bonds is 6. The van der Waals surface area contributed by atoms with Gasteiger partial charge in [-0.25, -0.2) is 13.1 Å². The van der Waals surface area contributed by atoms with Crippen LogP contribution < -0.4 is 14.2 Å². The number of nitrogens with one attached hydrogen (secondary N) is 1. The molecule has 0 spiro atoms. The summed E-state index contributed by atoms with van der Waals surface area (Å²) in [6.45, 7) is 6.00. The molecule has 0 unspecified atom stereocenters. The van der Waals surface area contributed by atoms with Gasteiger partial charge in [-0.05, 0) is 51.1 Å². The highest BCUT2D eigenvalue weighted by Gasteiger charge is 2.17. The third-order valence-electron chi connectivity index (χ3n) is 3.21. The van der Waals surface area contributed by atoms with Crippen molar-refractivity contribution in [3.8, 4) is 11.5 Å². The minimum Gasteiger partial charge on any atom is -0.497 e. The van der Waals surface area contributed by atoms with Crippen molar-refractivity contribution in [3.63, 3.8) is 0 Å². The Morgan fingerprint density at radius 1 is 1.00 bits per heavy atom. The molecule has 0 aliphatic carbocycles. The lowest BCUT2D eigenvalue weighted by Crippen LogP contribution is -2.26. The van der Waals surface area contributed by atoms with Crippen LogP contribution in [0.2, 0.25) is 0 Å². The summed E-state index contributed by atoms with van der Waals surface area (Å²) in [4.78, 5) is 0.192. The quantitative estimate of drug-likeness (QED) is 0.868. The third-order valence-corrected chi connectivity index (χ3v) is 4.63. The predicted octanol–water partition coefficient (Wildman–Crippen LogP) is 3.35. The summed E-state index contributed by atoms with van der Waals surface area (Å²) in [5.74, 6) is 1.28. The largest absolute Gasteiger partial charge is 0.497 e. The minimum atomic E-state index is -3.61. The second-order valence-corrected chi connectivity index (χ2v) is 8.09. The zero-order valence-corrected chi connectivity index (χ0v) is 15.2. The van der Waals surface area contributed by atoms with Crippen LogP contribution in [0.3, 0.4) is 0 Å². The van der Waals surface area contributed by atoms with Crippen LogP contribution in [0.1, 0.15) is 26.3 Å². The molecule has 2 aromatic carbocycles. The highest BCUT2D eigenvalue weighted by Crippen LogP contribution is 2.23. The summed E-state index contributed by atoms with van der Waals surface area (Å²) in [7, 11) is -2.07. The van der Waals surface area contributed by atoms with Crippen LogP contribution in [-0.4, -0.2) is 21.1 Å². The van der Waals surface area contributed by atoms with Gasteiger partial charge in [0.2, 0.25) is 10.0 Å². The number of sulfonamides is 1. The number of hydrogen-bond acceptors (Lipinski definition) is 4. The maximum Gasteiger partial charge on any atom is 0.240 e. The Kier molecular flexibility index (Phi) is 5.51. The van der Waals surface area contributed by atoms with Crippen LogP contribution in [0.5, 0.6) is 11.5 Å². The summed E-state index contributed by atoms with van der Waals surface area (Å²) in [6, 6.07) is 13.7. The van der Waals surface area contributed by atoms with E-state index in [9.17, 15) is 8.42 Å². The average molecular weight is 349 g/mol. The second-order valence-electron chi connectivity index (χ2n) is 6.32. The Balaban J connectivity index is 2.14. The van der Waals surface area contributed by atoms with E-state index < -0.39 is 10.0 Å². The van der Waals surface area contributed by atoms with Crippen LogP contribution in [0.15, 0.2) is 53.4 Å². The van der Waals surface area contributed by atoms with Crippen molar-refractivity contribution in [2.75, 3.05) is 7.11 Å². The van der Waals surface area contributed by atoms with Crippen LogP contribution in [0.25, 0.3) is 0 Å². The van der Waals surface area contributed by atoms with E-state index >= 15 is 0 Å². The maximum atomic E-state index is 12.4. The zero-order chi connectivity index (χ0) is 17.8. The normalized spacial score (nSPS) is 12.0. The molecule has 2 aromatic rings. The molecule has 0 fully saturated rings. The van der Waals surface area contributed by atoms with Crippen LogP contribution in [-0.2, 0) is 16.6 Å². The molecule has 0 radical (unpaired) electrons. The number of ether oxygens (including phenoxy) is 2. The summed E-state index contributed by atoms with van der Waals surface area (Å²) < 4.78 is 38.3. The summed E-state index contributed by atoms with van der Waals surface area (Å²) >= 11 is 0. The molecule has 1 N–H and O–H groups in total. The van der Waals surface area contributed by atoms with Gasteiger partial charge in [0, 0.05) is 12.1 Å². The molecule has 0 heterocycles. The van der Waals surface area contributed by atoms with Crippen molar-refractivity contribution in [2.24, 2.45) is 0 Å². The fraction of sp³-hybridized carbons (Fsp3) is 0.333. The molecule has 0 aromatic heterocycles. The highest BCUT2D eigenvalue weighted by molar-refractivity contribution is 7.89. The topological polar surface area (TPSA) is 64.6 Å². The Morgan fingerprint density at radius 3 is 2.21 bits per heavy atom. The van der Waals surface area contributed by atoms with Gasteiger partial charge in [-0.15, -0.1) is 0 Å². The Morgan fingerprint density at radius 2 is 1.62 bits per heavy atom. The molecule has 0 aliphatic rings. The molecular weight excluding hydrogens is 326 g/mol. The molecule has 0 bridgehead atoms. The van der Waals surface area contributed by atoms with Crippen molar-refractivity contribution in [3.05, 3.63) is 54.1 Å². The molecule has 0 atom stereocenters. The van der Waals surface area contributed by atoms with E-state index in [1.165, 1.54) is 19.2 Å². The maximum absolute atomic E-state index is 12.4. The van der Waals surface area contributed by atoms with Crippen LogP contribution >= 0.6 is 0 Å². The number of methoxy groups -OCH3 is 1. The first-order valence-electron chi connectivity index (χ1n) is 7.62. The van der Waals surface area contributed by atoms with E-state index in [1.807, 2.05) is 45.0 Å². The standard InChI is InChI=1S/C18H23NO4S/c1-18(2,3)23-17-8-6-5-7-14(17)13-19-24(20,21)16-11-9-15(22-4)10-12-16/h5-12,19H,13H2,1-4H3. The van der Waals surface area contributed by atoms with Crippen molar-refractivity contribution >= 4 is 10.0 Å². The lowest BCUT2D eigenvalue weighted by molar-refractivity contribution is 0.129. The lowest BCUT2D eigenvalue weighted by atomic mass is 10.1. The SMILES string of the molecule is COc1ccc(S(=O)(=O)NCc2ccccc2OC(C)(C)C)cc1. The molecule has 0 amide bonds. The van der Waals surface area contributed by atoms with Gasteiger partial charge in [0.25, 0.3) is 0 Å². The van der Waals surface area contributed by atoms with Gasteiger partial charge < -0.3 is 9.47 Å². The zero-order valence-electron chi connectivity index (χ0n) is 14.4. The van der Waals surface area contributed by atoms with Crippen molar-refractivity contribution in [1.82, 2.24) is 4.72 Å². The first-order valence-corrected chi connectivity index (χ1v) is 9.10. The predicted molar refractivity (Wildman–Crippen MR) is 93.8 cm³/mol. The van der Waals surface area contributed by atoms with Gasteiger partial charge in [0.05, 0.1) is 12.0 Å². The first kappa shape index (κ1) is 18.3. The van der Waals surface area contributed by atoms with Crippen LogP contribution in [0, 0.1) is 0 Å². The second kappa shape index (κ2) is 7.23. The highest BCUT2D eigenvalue weighted by atomic mass is 32.2. The fourth-order valence-corrected chi connectivity index (χ4v) is 3.10. The fourth-order valence-electron chi connectivity index (χ4n) is 2.09. The average Bonchev–Trinajstić information content (AvgIpc) is 2.53. The van der Waals surface area contributed by atoms with Crippen LogP contribution in [0.4, 0.5) is 0 Å². The summed E-state index contributed by atoms with van der Waals surface area (Å²) in [5.41, 5.74) is 0.426. The van der Waals surface area contributed by atoms with Crippen molar-refractivity contribution < 1.29 is 17.9 Å². The van der Waals surface area contributed by atoms with Gasteiger partial charge in [0.15, 0.2) is 0 Å². The molecule has 0 saturated carbocycles. The Labute approximate surface area is 143 Å². The molecule has 130 valence electrons. The monoisotopic (exact) mass is 349 g/mol. The van der Waals surface area contributed by atoms with E-state index in [2.05, 4.69) is 4.72 Å². The minimum absolute atomic E-state index is 0.153. The summed E-state index contributed by atoms with van der Waals surface area (Å²) in [6.07, 6.45) is 0. The molecule has 0 saturated heterocycles. The van der Waals surface area contributed by atoms with Gasteiger partial charge in [-0.1, -0.05) is 18.2 Å². The Bertz CT molecular complexity index is 777. The molecule has 5 nitrogen and oxygen atoms in total. The molecule has 6 heteroatoms. The van der Waals surface area contributed by atoms with E-state index in [4.69, 9.17) is 9.47 Å². The Hall–Kier alpha value is -2.05. The molecule has 0 aliphatic heterocycles. The van der Waals surface area contributed by atoms with Gasteiger partial charge in [-0.3, -0.25) is 0 Å². The van der Waals surface area contributed by atoms with Gasteiger partial charge >= 0.3 is 0 Å². The molecule has 24 heavy (non-hydrogen) atoms. The molecular formula is C18H23NO4S. The van der Waals surface area contributed by atoms with Crippen molar-refractivity contribution in [1.29, 1.82) is 0 Å². The number of para-hydroxylation sites is 1. The third kappa shape index (κ3) is 4.97. The van der Waals surface area contributed by atoms with Crippen molar-refractivity contribution in [2.45, 2.75) is 37.8 Å².